The van der Waals surface area contributed by atoms with E-state index in [0.717, 1.165) is 18.7 Å². The number of benzene rings is 1. The molecule has 0 aromatic heterocycles. The van der Waals surface area contributed by atoms with Gasteiger partial charge in [-0.2, -0.15) is 0 Å². The van der Waals surface area contributed by atoms with Gasteiger partial charge in [0.1, 0.15) is 5.66 Å². The molecule has 20 heavy (non-hydrogen) atoms. The van der Waals surface area contributed by atoms with Gasteiger partial charge in [0.2, 0.25) is 5.91 Å². The van der Waals surface area contributed by atoms with Gasteiger partial charge >= 0.3 is 6.03 Å². The molecule has 2 heterocycles. The van der Waals surface area contributed by atoms with Gasteiger partial charge in [0.15, 0.2) is 0 Å². The Labute approximate surface area is 118 Å². The van der Waals surface area contributed by atoms with E-state index in [-0.39, 0.29) is 11.9 Å². The van der Waals surface area contributed by atoms with Crippen LogP contribution < -0.4 is 5.32 Å². The summed E-state index contributed by atoms with van der Waals surface area (Å²) in [5.41, 5.74) is 0.316. The third-order valence-electron chi connectivity index (χ3n) is 4.31. The molecule has 1 N–H and O–H groups in total. The highest BCUT2D eigenvalue weighted by atomic mass is 16.2. The quantitative estimate of drug-likeness (QED) is 0.853. The van der Waals surface area contributed by atoms with Crippen LogP contribution in [0, 0.1) is 0 Å². The molecular weight excluding hydrogens is 254 g/mol. The summed E-state index contributed by atoms with van der Waals surface area (Å²) in [6, 6.07) is 9.29. The molecule has 0 saturated carbocycles. The first-order chi connectivity index (χ1) is 9.61. The van der Waals surface area contributed by atoms with Crippen molar-refractivity contribution >= 4 is 17.6 Å². The standard InChI is InChI=1S/C15H19N3O2/c1-15-9-8-13(19)17(15)10-5-11-18(15)14(20)16-12-6-3-2-4-7-12/h2-4,6-7H,5,8-11H2,1H3,(H,16,20). The van der Waals surface area contributed by atoms with Crippen LogP contribution in [0.5, 0.6) is 0 Å². The Morgan fingerprint density at radius 2 is 2.00 bits per heavy atom. The van der Waals surface area contributed by atoms with E-state index in [4.69, 9.17) is 0 Å². The van der Waals surface area contributed by atoms with Crippen molar-refractivity contribution in [3.63, 3.8) is 0 Å². The molecule has 0 aliphatic carbocycles. The molecule has 1 atom stereocenters. The zero-order valence-corrected chi connectivity index (χ0v) is 11.6. The smallest absolute Gasteiger partial charge is 0.320 e. The van der Waals surface area contributed by atoms with E-state index in [1.807, 2.05) is 42.2 Å². The molecule has 1 aromatic rings. The number of fused-ring (bicyclic) bond motifs is 1. The van der Waals surface area contributed by atoms with Gasteiger partial charge in [0.05, 0.1) is 0 Å². The summed E-state index contributed by atoms with van der Waals surface area (Å²) < 4.78 is 0. The van der Waals surface area contributed by atoms with Crippen LogP contribution in [0.25, 0.3) is 0 Å². The predicted molar refractivity (Wildman–Crippen MR) is 76.1 cm³/mol. The molecule has 1 unspecified atom stereocenters. The minimum atomic E-state index is -0.464. The second-order valence-electron chi connectivity index (χ2n) is 5.56. The second-order valence-corrected chi connectivity index (χ2v) is 5.56. The Balaban J connectivity index is 1.79. The Morgan fingerprint density at radius 1 is 1.25 bits per heavy atom. The molecule has 3 amide bonds. The molecule has 5 nitrogen and oxygen atoms in total. The Morgan fingerprint density at radius 3 is 2.75 bits per heavy atom. The summed E-state index contributed by atoms with van der Waals surface area (Å²) in [4.78, 5) is 28.1. The maximum absolute atomic E-state index is 12.5. The van der Waals surface area contributed by atoms with Gasteiger partial charge in [-0.3, -0.25) is 4.79 Å². The summed E-state index contributed by atoms with van der Waals surface area (Å²) in [6.07, 6.45) is 2.09. The highest BCUT2D eigenvalue weighted by Crippen LogP contribution is 2.36. The van der Waals surface area contributed by atoms with Gasteiger partial charge in [-0.25, -0.2) is 4.79 Å². The third kappa shape index (κ3) is 2.03. The highest BCUT2D eigenvalue weighted by Gasteiger charge is 2.49. The summed E-state index contributed by atoms with van der Waals surface area (Å²) >= 11 is 0. The summed E-state index contributed by atoms with van der Waals surface area (Å²) in [6.45, 7) is 3.44. The number of amides is 3. The maximum atomic E-state index is 12.5. The number of nitrogens with zero attached hydrogens (tertiary/aromatic N) is 2. The molecular formula is C15H19N3O2. The van der Waals surface area contributed by atoms with Crippen molar-refractivity contribution < 1.29 is 9.59 Å². The van der Waals surface area contributed by atoms with Crippen molar-refractivity contribution in [2.75, 3.05) is 18.4 Å². The number of hydrogen-bond acceptors (Lipinski definition) is 2. The molecule has 0 radical (unpaired) electrons. The largest absolute Gasteiger partial charge is 0.323 e. The lowest BCUT2D eigenvalue weighted by Gasteiger charge is -2.48. The summed E-state index contributed by atoms with van der Waals surface area (Å²) in [5.74, 6) is 0.157. The lowest BCUT2D eigenvalue weighted by molar-refractivity contribution is -0.137. The van der Waals surface area contributed by atoms with E-state index in [1.54, 1.807) is 4.90 Å². The zero-order chi connectivity index (χ0) is 14.2. The fraction of sp³-hybridized carbons (Fsp3) is 0.467. The predicted octanol–water partition coefficient (Wildman–Crippen LogP) is 2.26. The second kappa shape index (κ2) is 4.81. The number of nitrogens with one attached hydrogen (secondary N) is 1. The summed E-state index contributed by atoms with van der Waals surface area (Å²) in [7, 11) is 0. The Bertz CT molecular complexity index is 531. The summed E-state index contributed by atoms with van der Waals surface area (Å²) in [5, 5.41) is 2.91. The topological polar surface area (TPSA) is 52.7 Å². The van der Waals surface area contributed by atoms with Gasteiger partial charge < -0.3 is 15.1 Å². The van der Waals surface area contributed by atoms with E-state index in [9.17, 15) is 9.59 Å². The van der Waals surface area contributed by atoms with E-state index in [0.29, 0.717) is 19.4 Å². The molecule has 2 aliphatic heterocycles. The fourth-order valence-corrected chi connectivity index (χ4v) is 3.19. The van der Waals surface area contributed by atoms with E-state index in [1.165, 1.54) is 0 Å². The molecule has 5 heteroatoms. The molecule has 1 aromatic carbocycles. The minimum absolute atomic E-state index is 0.127. The monoisotopic (exact) mass is 273 g/mol. The van der Waals surface area contributed by atoms with Crippen LogP contribution in [0.2, 0.25) is 0 Å². The first-order valence-electron chi connectivity index (χ1n) is 7.05. The molecule has 3 rings (SSSR count). The Kier molecular flexibility index (Phi) is 3.12. The average molecular weight is 273 g/mol. The van der Waals surface area contributed by atoms with E-state index >= 15 is 0 Å². The van der Waals surface area contributed by atoms with E-state index < -0.39 is 5.66 Å². The number of para-hydroxylation sites is 1. The van der Waals surface area contributed by atoms with Crippen LogP contribution in [0.3, 0.4) is 0 Å². The van der Waals surface area contributed by atoms with Gasteiger partial charge in [-0.1, -0.05) is 18.2 Å². The van der Waals surface area contributed by atoms with Crippen molar-refractivity contribution in [2.45, 2.75) is 31.8 Å². The molecule has 0 spiro atoms. The van der Waals surface area contributed by atoms with Gasteiger partial charge in [0, 0.05) is 25.2 Å². The van der Waals surface area contributed by atoms with Crippen molar-refractivity contribution in [3.05, 3.63) is 30.3 Å². The van der Waals surface area contributed by atoms with Crippen molar-refractivity contribution in [1.82, 2.24) is 9.80 Å². The lowest BCUT2D eigenvalue weighted by Crippen LogP contribution is -2.63. The van der Waals surface area contributed by atoms with Crippen LogP contribution in [-0.2, 0) is 4.79 Å². The molecule has 2 saturated heterocycles. The van der Waals surface area contributed by atoms with Crippen LogP contribution in [0.1, 0.15) is 26.2 Å². The van der Waals surface area contributed by atoms with Crippen molar-refractivity contribution in [1.29, 1.82) is 0 Å². The fourth-order valence-electron chi connectivity index (χ4n) is 3.19. The zero-order valence-electron chi connectivity index (χ0n) is 11.6. The van der Waals surface area contributed by atoms with Crippen LogP contribution >= 0.6 is 0 Å². The van der Waals surface area contributed by atoms with E-state index in [2.05, 4.69) is 5.32 Å². The van der Waals surface area contributed by atoms with Crippen LogP contribution in [-0.4, -0.2) is 40.5 Å². The first-order valence-corrected chi connectivity index (χ1v) is 7.05. The van der Waals surface area contributed by atoms with Gasteiger partial charge in [-0.15, -0.1) is 0 Å². The van der Waals surface area contributed by atoms with Crippen molar-refractivity contribution in [3.8, 4) is 0 Å². The van der Waals surface area contributed by atoms with Gasteiger partial charge in [0.25, 0.3) is 0 Å². The number of hydrogen-bond donors (Lipinski definition) is 1. The SMILES string of the molecule is CC12CCC(=O)N1CCCN2C(=O)Nc1ccccc1. The van der Waals surface area contributed by atoms with Crippen molar-refractivity contribution in [2.24, 2.45) is 0 Å². The third-order valence-corrected chi connectivity index (χ3v) is 4.31. The maximum Gasteiger partial charge on any atom is 0.323 e. The lowest BCUT2D eigenvalue weighted by atomic mass is 10.0. The highest BCUT2D eigenvalue weighted by molar-refractivity contribution is 5.91. The van der Waals surface area contributed by atoms with Crippen LogP contribution in [0.4, 0.5) is 10.5 Å². The number of rotatable bonds is 1. The number of anilines is 1. The molecule has 2 fully saturated rings. The Hall–Kier alpha value is -2.04. The van der Waals surface area contributed by atoms with Crippen LogP contribution in [0.15, 0.2) is 30.3 Å². The molecule has 0 bridgehead atoms. The number of urea groups is 1. The number of carbonyl (C=O) groups is 2. The number of carbonyl (C=O) groups excluding carboxylic acids is 2. The first kappa shape index (κ1) is 13.0. The molecule has 2 aliphatic rings. The normalized spacial score (nSPS) is 25.6. The van der Waals surface area contributed by atoms with Gasteiger partial charge in [-0.05, 0) is 31.9 Å². The molecule has 106 valence electrons. The average Bonchev–Trinajstić information content (AvgIpc) is 2.75. The minimum Gasteiger partial charge on any atom is -0.320 e.